The van der Waals surface area contributed by atoms with Crippen molar-refractivity contribution in [2.24, 2.45) is 5.92 Å². The van der Waals surface area contributed by atoms with Crippen LogP contribution >= 0.6 is 23.7 Å². The van der Waals surface area contributed by atoms with E-state index in [2.05, 4.69) is 15.6 Å². The van der Waals surface area contributed by atoms with E-state index in [1.165, 1.54) is 0 Å². The summed E-state index contributed by atoms with van der Waals surface area (Å²) >= 11 is 1.61. The second-order valence-electron chi connectivity index (χ2n) is 4.21. The Labute approximate surface area is 115 Å². The van der Waals surface area contributed by atoms with Gasteiger partial charge >= 0.3 is 0 Å². The van der Waals surface area contributed by atoms with E-state index >= 15 is 0 Å². The van der Waals surface area contributed by atoms with Crippen molar-refractivity contribution in [2.45, 2.75) is 6.42 Å². The zero-order valence-electron chi connectivity index (χ0n) is 9.68. The number of hydrogen-bond donors (Lipinski definition) is 2. The molecule has 3 rings (SSSR count). The zero-order valence-corrected chi connectivity index (χ0v) is 11.3. The second-order valence-corrected chi connectivity index (χ2v) is 5.10. The molecule has 1 aliphatic heterocycles. The molecular formula is C12H14ClN3OS. The Morgan fingerprint density at radius 2 is 2.39 bits per heavy atom. The molecule has 6 heteroatoms. The number of hydrogen-bond acceptors (Lipinski definition) is 4. The number of aromatic nitrogens is 1. The van der Waals surface area contributed by atoms with E-state index in [-0.39, 0.29) is 24.2 Å². The topological polar surface area (TPSA) is 54.0 Å². The van der Waals surface area contributed by atoms with Crippen LogP contribution in [0.15, 0.2) is 23.7 Å². The molecular weight excluding hydrogens is 270 g/mol. The Kier molecular flexibility index (Phi) is 4.16. The molecule has 4 nitrogen and oxygen atoms in total. The van der Waals surface area contributed by atoms with Gasteiger partial charge in [0.2, 0.25) is 5.91 Å². The Hall–Kier alpha value is -1.17. The highest BCUT2D eigenvalue weighted by Crippen LogP contribution is 2.22. The van der Waals surface area contributed by atoms with E-state index < -0.39 is 0 Å². The van der Waals surface area contributed by atoms with Gasteiger partial charge in [0.1, 0.15) is 0 Å². The molecule has 1 amide bonds. The molecule has 0 saturated carbocycles. The third-order valence-corrected chi connectivity index (χ3v) is 3.84. The van der Waals surface area contributed by atoms with Crippen LogP contribution in [0, 0.1) is 5.92 Å². The first-order valence-corrected chi connectivity index (χ1v) is 6.56. The summed E-state index contributed by atoms with van der Waals surface area (Å²) in [7, 11) is 0. The number of amides is 1. The molecule has 96 valence electrons. The van der Waals surface area contributed by atoms with Gasteiger partial charge in [0.25, 0.3) is 0 Å². The van der Waals surface area contributed by atoms with Gasteiger partial charge in [-0.25, -0.2) is 4.98 Å². The van der Waals surface area contributed by atoms with Crippen molar-refractivity contribution in [1.29, 1.82) is 0 Å². The second kappa shape index (κ2) is 5.65. The number of benzene rings is 1. The van der Waals surface area contributed by atoms with Crippen LogP contribution in [0.3, 0.4) is 0 Å². The van der Waals surface area contributed by atoms with Crippen molar-refractivity contribution in [3.63, 3.8) is 0 Å². The minimum Gasteiger partial charge on any atom is -0.326 e. The Morgan fingerprint density at radius 3 is 3.17 bits per heavy atom. The average Bonchev–Trinajstić information content (AvgIpc) is 2.99. The molecule has 0 radical (unpaired) electrons. The monoisotopic (exact) mass is 283 g/mol. The van der Waals surface area contributed by atoms with Gasteiger partial charge in [-0.1, -0.05) is 0 Å². The quantitative estimate of drug-likeness (QED) is 0.889. The molecule has 1 aliphatic rings. The van der Waals surface area contributed by atoms with Crippen LogP contribution in [0.4, 0.5) is 5.69 Å². The van der Waals surface area contributed by atoms with Crippen LogP contribution in [0.5, 0.6) is 0 Å². The summed E-state index contributed by atoms with van der Waals surface area (Å²) in [5.74, 6) is 0.200. The summed E-state index contributed by atoms with van der Waals surface area (Å²) < 4.78 is 1.14. The van der Waals surface area contributed by atoms with E-state index in [1.807, 2.05) is 23.7 Å². The molecule has 0 bridgehead atoms. The number of carbonyl (C=O) groups is 1. The average molecular weight is 284 g/mol. The van der Waals surface area contributed by atoms with Crippen LogP contribution in [-0.4, -0.2) is 24.0 Å². The summed E-state index contributed by atoms with van der Waals surface area (Å²) in [6.07, 6.45) is 0.921. The summed E-state index contributed by atoms with van der Waals surface area (Å²) in [5, 5.41) is 6.14. The van der Waals surface area contributed by atoms with Gasteiger partial charge in [-0.3, -0.25) is 4.79 Å². The van der Waals surface area contributed by atoms with Gasteiger partial charge in [0.15, 0.2) is 0 Å². The fourth-order valence-electron chi connectivity index (χ4n) is 2.06. The maximum Gasteiger partial charge on any atom is 0.228 e. The van der Waals surface area contributed by atoms with Crippen LogP contribution in [-0.2, 0) is 4.79 Å². The predicted octanol–water partition coefficient (Wildman–Crippen LogP) is 2.27. The first kappa shape index (κ1) is 13.3. The smallest absolute Gasteiger partial charge is 0.228 e. The lowest BCUT2D eigenvalue weighted by atomic mass is 10.1. The summed E-state index contributed by atoms with van der Waals surface area (Å²) in [5.41, 5.74) is 3.59. The molecule has 1 fully saturated rings. The number of anilines is 1. The Balaban J connectivity index is 0.00000120. The highest BCUT2D eigenvalue weighted by atomic mass is 35.5. The zero-order chi connectivity index (χ0) is 11.7. The molecule has 1 saturated heterocycles. The predicted molar refractivity (Wildman–Crippen MR) is 76.5 cm³/mol. The normalized spacial score (nSPS) is 18.6. The van der Waals surface area contributed by atoms with E-state index in [1.54, 1.807) is 11.3 Å². The fourth-order valence-corrected chi connectivity index (χ4v) is 2.72. The van der Waals surface area contributed by atoms with Crippen LogP contribution < -0.4 is 10.6 Å². The van der Waals surface area contributed by atoms with E-state index in [0.29, 0.717) is 0 Å². The molecule has 18 heavy (non-hydrogen) atoms. The molecule has 2 aromatic rings. The van der Waals surface area contributed by atoms with Gasteiger partial charge in [-0.2, -0.15) is 0 Å². The van der Waals surface area contributed by atoms with Crippen molar-refractivity contribution in [2.75, 3.05) is 18.4 Å². The van der Waals surface area contributed by atoms with E-state index in [0.717, 1.165) is 35.4 Å². The van der Waals surface area contributed by atoms with Gasteiger partial charge < -0.3 is 10.6 Å². The molecule has 1 aromatic carbocycles. The minimum atomic E-state index is 0. The van der Waals surface area contributed by atoms with Gasteiger partial charge in [0, 0.05) is 12.2 Å². The van der Waals surface area contributed by atoms with E-state index in [9.17, 15) is 4.79 Å². The van der Waals surface area contributed by atoms with Crippen LogP contribution in [0.25, 0.3) is 10.2 Å². The Morgan fingerprint density at radius 1 is 1.50 bits per heavy atom. The van der Waals surface area contributed by atoms with E-state index in [4.69, 9.17) is 0 Å². The number of fused-ring (bicyclic) bond motifs is 1. The SMILES string of the molecule is Cl.O=C(Nc1ccc2scnc2c1)C1CCNC1. The number of carbonyl (C=O) groups excluding carboxylic acids is 1. The third kappa shape index (κ3) is 2.63. The number of nitrogens with zero attached hydrogens (tertiary/aromatic N) is 1. The number of rotatable bonds is 2. The molecule has 0 spiro atoms. The molecule has 1 aromatic heterocycles. The number of halogens is 1. The van der Waals surface area contributed by atoms with Gasteiger partial charge in [0.05, 0.1) is 21.6 Å². The number of thiazole rings is 1. The summed E-state index contributed by atoms with van der Waals surface area (Å²) in [6, 6.07) is 5.85. The van der Waals surface area contributed by atoms with Gasteiger partial charge in [-0.05, 0) is 31.2 Å². The fraction of sp³-hybridized carbons (Fsp3) is 0.333. The van der Waals surface area contributed by atoms with Crippen molar-refractivity contribution in [3.05, 3.63) is 23.7 Å². The molecule has 2 heterocycles. The lowest BCUT2D eigenvalue weighted by Crippen LogP contribution is -2.24. The number of nitrogens with one attached hydrogen (secondary N) is 2. The first-order chi connectivity index (χ1) is 8.33. The summed E-state index contributed by atoms with van der Waals surface area (Å²) in [4.78, 5) is 16.2. The molecule has 1 atom stereocenters. The molecule has 2 N–H and O–H groups in total. The Bertz CT molecular complexity index is 551. The van der Waals surface area contributed by atoms with Crippen molar-refractivity contribution in [3.8, 4) is 0 Å². The van der Waals surface area contributed by atoms with Crippen molar-refractivity contribution >= 4 is 45.6 Å². The lowest BCUT2D eigenvalue weighted by Gasteiger charge is -2.09. The molecule has 0 aliphatic carbocycles. The van der Waals surface area contributed by atoms with Crippen LogP contribution in [0.2, 0.25) is 0 Å². The van der Waals surface area contributed by atoms with Crippen molar-refractivity contribution in [1.82, 2.24) is 10.3 Å². The third-order valence-electron chi connectivity index (χ3n) is 3.03. The van der Waals surface area contributed by atoms with Crippen molar-refractivity contribution < 1.29 is 4.79 Å². The molecule has 1 unspecified atom stereocenters. The van der Waals surface area contributed by atoms with Gasteiger partial charge in [-0.15, -0.1) is 23.7 Å². The first-order valence-electron chi connectivity index (χ1n) is 5.68. The maximum atomic E-state index is 11.9. The standard InChI is InChI=1S/C12H13N3OS.ClH/c16-12(8-3-4-13-6-8)15-9-1-2-11-10(5-9)14-7-17-11;/h1-2,5,7-8,13H,3-4,6H2,(H,15,16);1H. The van der Waals surface area contributed by atoms with Crippen LogP contribution in [0.1, 0.15) is 6.42 Å². The highest BCUT2D eigenvalue weighted by molar-refractivity contribution is 7.16. The maximum absolute atomic E-state index is 11.9. The summed E-state index contributed by atoms with van der Waals surface area (Å²) in [6.45, 7) is 1.72. The minimum absolute atomic E-state index is 0. The largest absolute Gasteiger partial charge is 0.326 e. The lowest BCUT2D eigenvalue weighted by molar-refractivity contribution is -0.119. The highest BCUT2D eigenvalue weighted by Gasteiger charge is 2.22.